The van der Waals surface area contributed by atoms with Crippen molar-refractivity contribution in [3.63, 3.8) is 0 Å². The molecule has 0 spiro atoms. The first-order chi connectivity index (χ1) is 3.13. The Morgan fingerprint density at radius 2 is 2.29 bits per heavy atom. The summed E-state index contributed by atoms with van der Waals surface area (Å²) < 4.78 is 4.85. The van der Waals surface area contributed by atoms with Gasteiger partial charge in [-0.15, -0.1) is 12.6 Å². The summed E-state index contributed by atoms with van der Waals surface area (Å²) in [5, 5.41) is 0.544. The molecule has 0 heterocycles. The van der Waals surface area contributed by atoms with Crippen molar-refractivity contribution >= 4 is 29.9 Å². The van der Waals surface area contributed by atoms with Crippen molar-refractivity contribution in [1.82, 2.24) is 0 Å². The predicted octanol–water partition coefficient (Wildman–Crippen LogP) is 1.63. The molecule has 0 N–H and O–H groups in total. The van der Waals surface area contributed by atoms with Crippen LogP contribution >= 0.6 is 24.8 Å². The van der Waals surface area contributed by atoms with Crippen LogP contribution in [0.3, 0.4) is 0 Å². The molecule has 0 radical (unpaired) electrons. The summed E-state index contributed by atoms with van der Waals surface area (Å²) >= 11 is 8.53. The number of thiol groups is 1. The minimum absolute atomic E-state index is 0.0718. The zero-order chi connectivity index (χ0) is 5.86. The molecule has 3 heteroatoms. The quantitative estimate of drug-likeness (QED) is 0.333. The fourth-order valence-electron chi connectivity index (χ4n) is 0.240. The molecule has 0 aromatic heterocycles. The van der Waals surface area contributed by atoms with E-state index in [1.807, 2.05) is 6.92 Å². The van der Waals surface area contributed by atoms with Crippen LogP contribution in [-0.4, -0.2) is 10.5 Å². The molecule has 1 unspecified atom stereocenters. The van der Waals surface area contributed by atoms with E-state index in [1.165, 1.54) is 0 Å². The smallest absolute Gasteiger partial charge is 0.158 e. The number of hydrogen-bond acceptors (Lipinski definition) is 3. The number of thiocarbonyl (C=S) groups is 1. The van der Waals surface area contributed by atoms with E-state index in [9.17, 15) is 0 Å². The number of hydrogen-bond donors (Lipinski definition) is 1. The van der Waals surface area contributed by atoms with Crippen molar-refractivity contribution in [3.8, 4) is 0 Å². The molecule has 0 bridgehead atoms. The van der Waals surface area contributed by atoms with Gasteiger partial charge in [0.15, 0.2) is 5.05 Å². The third kappa shape index (κ3) is 6.24. The maximum atomic E-state index is 4.85. The molecule has 0 aromatic carbocycles. The summed E-state index contributed by atoms with van der Waals surface area (Å²) in [4.78, 5) is 0. The fraction of sp³-hybridized carbons (Fsp3) is 0.750. The third-order valence-electron chi connectivity index (χ3n) is 0.337. The summed E-state index contributed by atoms with van der Waals surface area (Å²) in [7, 11) is 0. The highest BCUT2D eigenvalue weighted by Crippen LogP contribution is 1.94. The van der Waals surface area contributed by atoms with Crippen LogP contribution in [0.4, 0.5) is 0 Å². The van der Waals surface area contributed by atoms with E-state index >= 15 is 0 Å². The molecule has 0 aromatic rings. The van der Waals surface area contributed by atoms with Gasteiger partial charge in [-0.1, -0.05) is 0 Å². The molecule has 1 nitrogen and oxygen atoms in total. The van der Waals surface area contributed by atoms with Gasteiger partial charge in [0, 0.05) is 6.92 Å². The zero-order valence-electron chi connectivity index (χ0n) is 4.34. The summed E-state index contributed by atoms with van der Waals surface area (Å²) in [6, 6.07) is 0. The van der Waals surface area contributed by atoms with Crippen molar-refractivity contribution in [2.24, 2.45) is 0 Å². The van der Waals surface area contributed by atoms with E-state index in [1.54, 1.807) is 6.92 Å². The molecule has 0 rings (SSSR count). The van der Waals surface area contributed by atoms with Gasteiger partial charge >= 0.3 is 0 Å². The molecule has 42 valence electrons. The molecule has 0 saturated carbocycles. The molecule has 1 atom stereocenters. The first-order valence-corrected chi connectivity index (χ1v) is 2.90. The van der Waals surface area contributed by atoms with Gasteiger partial charge in [0.25, 0.3) is 0 Å². The van der Waals surface area contributed by atoms with Crippen LogP contribution in [0.1, 0.15) is 13.8 Å². The van der Waals surface area contributed by atoms with Gasteiger partial charge in [-0.3, -0.25) is 0 Å². The lowest BCUT2D eigenvalue weighted by molar-refractivity contribution is 0.302. The van der Waals surface area contributed by atoms with E-state index in [4.69, 9.17) is 4.74 Å². The molecule has 0 aliphatic carbocycles. The van der Waals surface area contributed by atoms with Gasteiger partial charge in [0.1, 0.15) is 5.44 Å². The van der Waals surface area contributed by atoms with Crippen molar-refractivity contribution in [2.45, 2.75) is 19.3 Å². The molecule has 0 aliphatic rings. The molecular formula is C4H8OS2. The van der Waals surface area contributed by atoms with Gasteiger partial charge < -0.3 is 4.74 Å². The number of ether oxygens (including phenoxy) is 1. The van der Waals surface area contributed by atoms with Gasteiger partial charge in [0.05, 0.1) is 0 Å². The Labute approximate surface area is 54.5 Å². The normalized spacial score (nSPS) is 13.0. The average molecular weight is 136 g/mol. The summed E-state index contributed by atoms with van der Waals surface area (Å²) in [6.07, 6.45) is 0. The lowest BCUT2D eigenvalue weighted by Crippen LogP contribution is -2.02. The Morgan fingerprint density at radius 3 is 2.29 bits per heavy atom. The van der Waals surface area contributed by atoms with E-state index < -0.39 is 0 Å². The topological polar surface area (TPSA) is 9.23 Å². The molecule has 0 amide bonds. The van der Waals surface area contributed by atoms with Gasteiger partial charge in [-0.2, -0.15) is 0 Å². The minimum Gasteiger partial charge on any atom is -0.474 e. The highest BCUT2D eigenvalue weighted by Gasteiger charge is 1.90. The van der Waals surface area contributed by atoms with E-state index in [2.05, 4.69) is 24.8 Å². The third-order valence-corrected chi connectivity index (χ3v) is 0.538. The first kappa shape index (κ1) is 7.24. The Balaban J connectivity index is 3.13. The average Bonchev–Trinajstić information content (AvgIpc) is 1.27. The highest BCUT2D eigenvalue weighted by molar-refractivity contribution is 7.81. The highest BCUT2D eigenvalue weighted by atomic mass is 32.1. The molecule has 7 heavy (non-hydrogen) atoms. The molecule has 0 fully saturated rings. The summed E-state index contributed by atoms with van der Waals surface area (Å²) in [5.74, 6) is 0. The van der Waals surface area contributed by atoms with Crippen LogP contribution in [0.15, 0.2) is 0 Å². The van der Waals surface area contributed by atoms with E-state index in [0.717, 1.165) is 0 Å². The molecular weight excluding hydrogens is 128 g/mol. The number of rotatable bonds is 1. The second kappa shape index (κ2) is 3.27. The second-order valence-electron chi connectivity index (χ2n) is 1.21. The lowest BCUT2D eigenvalue weighted by atomic mass is 10.8. The Morgan fingerprint density at radius 1 is 1.86 bits per heavy atom. The predicted molar refractivity (Wildman–Crippen MR) is 37.8 cm³/mol. The largest absolute Gasteiger partial charge is 0.474 e. The van der Waals surface area contributed by atoms with Crippen LogP contribution in [0, 0.1) is 0 Å². The van der Waals surface area contributed by atoms with Gasteiger partial charge in [-0.25, -0.2) is 0 Å². The van der Waals surface area contributed by atoms with Crippen LogP contribution in [-0.2, 0) is 4.74 Å². The van der Waals surface area contributed by atoms with Crippen LogP contribution in [0.25, 0.3) is 0 Å². The van der Waals surface area contributed by atoms with Crippen LogP contribution in [0.5, 0.6) is 0 Å². The zero-order valence-corrected chi connectivity index (χ0v) is 6.05. The van der Waals surface area contributed by atoms with Crippen LogP contribution < -0.4 is 0 Å². The van der Waals surface area contributed by atoms with Gasteiger partial charge in [-0.05, 0) is 19.1 Å². The van der Waals surface area contributed by atoms with Crippen LogP contribution in [0.2, 0.25) is 0 Å². The van der Waals surface area contributed by atoms with Crippen molar-refractivity contribution in [2.75, 3.05) is 0 Å². The Hall–Kier alpha value is 0.240. The maximum Gasteiger partial charge on any atom is 0.158 e. The second-order valence-corrected chi connectivity index (χ2v) is 2.51. The SMILES string of the molecule is CC(=S)OC(C)S. The maximum absolute atomic E-state index is 4.85. The van der Waals surface area contributed by atoms with E-state index in [-0.39, 0.29) is 5.44 Å². The van der Waals surface area contributed by atoms with Crippen molar-refractivity contribution in [1.29, 1.82) is 0 Å². The van der Waals surface area contributed by atoms with Crippen molar-refractivity contribution in [3.05, 3.63) is 0 Å². The molecule has 0 saturated heterocycles. The lowest BCUT2D eigenvalue weighted by Gasteiger charge is -2.03. The molecule has 0 aliphatic heterocycles. The van der Waals surface area contributed by atoms with E-state index in [0.29, 0.717) is 5.05 Å². The Kier molecular flexibility index (Phi) is 3.38. The van der Waals surface area contributed by atoms with Crippen molar-refractivity contribution < 1.29 is 4.74 Å². The summed E-state index contributed by atoms with van der Waals surface area (Å²) in [5.41, 5.74) is -0.0718. The monoisotopic (exact) mass is 136 g/mol. The summed E-state index contributed by atoms with van der Waals surface area (Å²) in [6.45, 7) is 3.54. The minimum atomic E-state index is -0.0718. The first-order valence-electron chi connectivity index (χ1n) is 1.98. The Bertz CT molecular complexity index is 70.1. The fourth-order valence-corrected chi connectivity index (χ4v) is 0.614. The van der Waals surface area contributed by atoms with Gasteiger partial charge in [0.2, 0.25) is 0 Å². The standard InChI is InChI=1S/C4H8OS2/c1-3(6)5-4(2)7/h3,6H,1-2H3.